The number of β-amino-alcohol motifs (C(OH)–C–C–N with tert-alkyl or cyclic N) is 1. The molecule has 0 aliphatic carbocycles. The average molecular weight is 335 g/mol. The van der Waals surface area contributed by atoms with Crippen LogP contribution >= 0.6 is 0 Å². The van der Waals surface area contributed by atoms with Crippen molar-refractivity contribution in [1.82, 2.24) is 4.90 Å². The number of esters is 1. The Morgan fingerprint density at radius 2 is 1.96 bits per heavy atom. The van der Waals surface area contributed by atoms with Crippen molar-refractivity contribution in [1.29, 1.82) is 0 Å². The first-order chi connectivity index (χ1) is 11.6. The lowest BCUT2D eigenvalue weighted by Gasteiger charge is -2.32. The fourth-order valence-corrected chi connectivity index (χ4v) is 2.96. The normalized spacial score (nSPS) is 17.6. The first-order valence-corrected chi connectivity index (χ1v) is 8.78. The first-order valence-electron chi connectivity index (χ1n) is 8.78. The van der Waals surface area contributed by atoms with Crippen LogP contribution in [0.3, 0.4) is 0 Å². The maximum atomic E-state index is 11.7. The van der Waals surface area contributed by atoms with Gasteiger partial charge in [-0.25, -0.2) is 0 Å². The van der Waals surface area contributed by atoms with Gasteiger partial charge in [0.2, 0.25) is 0 Å². The molecule has 134 valence electrons. The zero-order chi connectivity index (χ0) is 17.4. The molecule has 1 atom stereocenters. The maximum Gasteiger partial charge on any atom is 0.309 e. The van der Waals surface area contributed by atoms with Crippen molar-refractivity contribution < 1.29 is 19.4 Å². The summed E-state index contributed by atoms with van der Waals surface area (Å²) in [5, 5.41) is 10.1. The minimum Gasteiger partial charge on any atom is -0.466 e. The van der Waals surface area contributed by atoms with Gasteiger partial charge in [-0.3, -0.25) is 4.79 Å². The Kier molecular flexibility index (Phi) is 7.69. The van der Waals surface area contributed by atoms with Gasteiger partial charge >= 0.3 is 5.97 Å². The van der Waals surface area contributed by atoms with Gasteiger partial charge in [0, 0.05) is 6.54 Å². The molecule has 0 amide bonds. The zero-order valence-corrected chi connectivity index (χ0v) is 14.7. The van der Waals surface area contributed by atoms with E-state index in [1.807, 2.05) is 19.1 Å². The van der Waals surface area contributed by atoms with E-state index in [4.69, 9.17) is 9.47 Å². The second kappa shape index (κ2) is 9.77. The smallest absolute Gasteiger partial charge is 0.309 e. The van der Waals surface area contributed by atoms with Crippen molar-refractivity contribution in [2.75, 3.05) is 32.8 Å². The Morgan fingerprint density at radius 1 is 1.29 bits per heavy atom. The minimum atomic E-state index is -0.505. The number of aliphatic hydroxyl groups excluding tert-OH is 1. The summed E-state index contributed by atoms with van der Waals surface area (Å²) in [5.74, 6) is -0.0738. The van der Waals surface area contributed by atoms with Gasteiger partial charge in [-0.2, -0.15) is 0 Å². The van der Waals surface area contributed by atoms with Gasteiger partial charge in [-0.1, -0.05) is 29.8 Å². The van der Waals surface area contributed by atoms with Crippen LogP contribution in [0, 0.1) is 12.8 Å². The third kappa shape index (κ3) is 6.23. The number of likely N-dealkylation sites (tertiary alicyclic amines) is 1. The highest BCUT2D eigenvalue weighted by Gasteiger charge is 2.26. The van der Waals surface area contributed by atoms with Crippen LogP contribution in [0.25, 0.3) is 0 Å². The van der Waals surface area contributed by atoms with Crippen LogP contribution in [0.15, 0.2) is 24.3 Å². The summed E-state index contributed by atoms with van der Waals surface area (Å²) in [5.41, 5.74) is 2.34. The summed E-state index contributed by atoms with van der Waals surface area (Å²) in [7, 11) is 0. The lowest BCUT2D eigenvalue weighted by atomic mass is 9.97. The highest BCUT2D eigenvalue weighted by molar-refractivity contribution is 5.72. The summed E-state index contributed by atoms with van der Waals surface area (Å²) >= 11 is 0. The lowest BCUT2D eigenvalue weighted by Crippen LogP contribution is -2.41. The number of benzene rings is 1. The van der Waals surface area contributed by atoms with Gasteiger partial charge in [-0.15, -0.1) is 0 Å². The number of aliphatic hydroxyl groups is 1. The van der Waals surface area contributed by atoms with Crippen LogP contribution in [-0.4, -0.2) is 54.9 Å². The Labute approximate surface area is 144 Å². The van der Waals surface area contributed by atoms with Crippen molar-refractivity contribution in [2.45, 2.75) is 39.4 Å². The van der Waals surface area contributed by atoms with Gasteiger partial charge in [0.25, 0.3) is 0 Å². The predicted octanol–water partition coefficient (Wildman–Crippen LogP) is 2.15. The third-order valence-corrected chi connectivity index (χ3v) is 4.38. The van der Waals surface area contributed by atoms with Crippen molar-refractivity contribution in [3.8, 4) is 0 Å². The highest BCUT2D eigenvalue weighted by Crippen LogP contribution is 2.18. The fraction of sp³-hybridized carbons (Fsp3) is 0.632. The van der Waals surface area contributed by atoms with Crippen LogP contribution in [0.1, 0.15) is 30.9 Å². The van der Waals surface area contributed by atoms with Crippen molar-refractivity contribution >= 4 is 5.97 Å². The zero-order valence-electron chi connectivity index (χ0n) is 14.7. The Balaban J connectivity index is 1.62. The fourth-order valence-electron chi connectivity index (χ4n) is 2.96. The standard InChI is InChI=1S/C19H29NO4/c1-3-24-19(22)17-8-10-20(11-9-17)12-18(21)14-23-13-16-6-4-15(2)5-7-16/h4-7,17-18,21H,3,8-14H2,1-2H3/t18-/m0/s1. The van der Waals surface area contributed by atoms with Gasteiger partial charge in [0.15, 0.2) is 0 Å². The van der Waals surface area contributed by atoms with Crippen molar-refractivity contribution in [2.24, 2.45) is 5.92 Å². The van der Waals surface area contributed by atoms with E-state index < -0.39 is 6.10 Å². The molecule has 1 fully saturated rings. The summed E-state index contributed by atoms with van der Waals surface area (Å²) in [6.07, 6.45) is 1.10. The van der Waals surface area contributed by atoms with E-state index >= 15 is 0 Å². The van der Waals surface area contributed by atoms with E-state index in [1.54, 1.807) is 0 Å². The number of nitrogens with zero attached hydrogens (tertiary/aromatic N) is 1. The number of hydrogen-bond acceptors (Lipinski definition) is 5. The topological polar surface area (TPSA) is 59.0 Å². The summed E-state index contributed by atoms with van der Waals surface area (Å²) in [4.78, 5) is 13.9. The molecule has 0 spiro atoms. The molecule has 1 saturated heterocycles. The van der Waals surface area contributed by atoms with E-state index in [1.165, 1.54) is 5.56 Å². The molecule has 0 aromatic heterocycles. The van der Waals surface area contributed by atoms with E-state index in [9.17, 15) is 9.90 Å². The molecule has 1 N–H and O–H groups in total. The Morgan fingerprint density at radius 3 is 2.58 bits per heavy atom. The molecule has 1 aliphatic rings. The monoisotopic (exact) mass is 335 g/mol. The van der Waals surface area contributed by atoms with E-state index in [0.29, 0.717) is 26.4 Å². The molecule has 1 aromatic carbocycles. The molecule has 1 aliphatic heterocycles. The minimum absolute atomic E-state index is 0.0103. The summed E-state index contributed by atoms with van der Waals surface area (Å²) in [6.45, 7) is 7.39. The number of carbonyl (C=O) groups excluding carboxylic acids is 1. The van der Waals surface area contributed by atoms with Crippen LogP contribution in [0.5, 0.6) is 0 Å². The van der Waals surface area contributed by atoms with Gasteiger partial charge in [-0.05, 0) is 45.3 Å². The summed E-state index contributed by atoms with van der Waals surface area (Å²) < 4.78 is 10.7. The molecule has 0 radical (unpaired) electrons. The van der Waals surface area contributed by atoms with Crippen molar-refractivity contribution in [3.63, 3.8) is 0 Å². The van der Waals surface area contributed by atoms with Crippen LogP contribution in [0.4, 0.5) is 0 Å². The molecule has 0 unspecified atom stereocenters. The maximum absolute atomic E-state index is 11.7. The van der Waals surface area contributed by atoms with Gasteiger partial charge in [0.1, 0.15) is 0 Å². The van der Waals surface area contributed by atoms with E-state index in [0.717, 1.165) is 31.5 Å². The second-order valence-corrected chi connectivity index (χ2v) is 6.48. The molecule has 1 heterocycles. The average Bonchev–Trinajstić information content (AvgIpc) is 2.57. The molecular formula is C19H29NO4. The predicted molar refractivity (Wildman–Crippen MR) is 92.6 cm³/mol. The molecule has 1 aromatic rings. The van der Waals surface area contributed by atoms with E-state index in [2.05, 4.69) is 24.0 Å². The molecule has 0 bridgehead atoms. The Bertz CT molecular complexity index is 495. The van der Waals surface area contributed by atoms with E-state index in [-0.39, 0.29) is 11.9 Å². The molecule has 0 saturated carbocycles. The SMILES string of the molecule is CCOC(=O)C1CCN(C[C@H](O)COCc2ccc(C)cc2)CC1. The van der Waals surface area contributed by atoms with Crippen molar-refractivity contribution in [3.05, 3.63) is 35.4 Å². The quantitative estimate of drug-likeness (QED) is 0.738. The largest absolute Gasteiger partial charge is 0.466 e. The molecule has 2 rings (SSSR count). The van der Waals surface area contributed by atoms with Gasteiger partial charge in [0.05, 0.1) is 31.8 Å². The highest BCUT2D eigenvalue weighted by atomic mass is 16.5. The molecular weight excluding hydrogens is 306 g/mol. The number of hydrogen-bond donors (Lipinski definition) is 1. The molecule has 24 heavy (non-hydrogen) atoms. The van der Waals surface area contributed by atoms with Gasteiger partial charge < -0.3 is 19.5 Å². The summed E-state index contributed by atoms with van der Waals surface area (Å²) in [6, 6.07) is 8.20. The number of rotatable bonds is 8. The number of ether oxygens (including phenoxy) is 2. The van der Waals surface area contributed by atoms with Crippen LogP contribution in [0.2, 0.25) is 0 Å². The van der Waals surface area contributed by atoms with Crippen LogP contribution < -0.4 is 0 Å². The number of carbonyl (C=O) groups is 1. The van der Waals surface area contributed by atoms with Crippen LogP contribution in [-0.2, 0) is 20.9 Å². The number of piperidine rings is 1. The first kappa shape index (κ1) is 18.9. The second-order valence-electron chi connectivity index (χ2n) is 6.48. The molecule has 5 nitrogen and oxygen atoms in total. The Hall–Kier alpha value is -1.43. The molecule has 5 heteroatoms. The lowest BCUT2D eigenvalue weighted by molar-refractivity contribution is -0.149. The number of aryl methyl sites for hydroxylation is 1. The third-order valence-electron chi connectivity index (χ3n) is 4.38.